The molecule has 188 valence electrons. The number of primary amides is 1. The zero-order valence-electron chi connectivity index (χ0n) is 19.7. The number of carbonyl (C=O) groups excluding carboxylic acids is 4. The van der Waals surface area contributed by atoms with E-state index in [2.05, 4.69) is 16.0 Å². The summed E-state index contributed by atoms with van der Waals surface area (Å²) in [5, 5.41) is 17.1. The van der Waals surface area contributed by atoms with Gasteiger partial charge in [0.1, 0.15) is 18.1 Å². The molecule has 0 radical (unpaired) electrons. The lowest BCUT2D eigenvalue weighted by Gasteiger charge is -2.25. The van der Waals surface area contributed by atoms with Gasteiger partial charge in [0.15, 0.2) is 0 Å². The topological polar surface area (TPSA) is 194 Å². The molecule has 0 saturated carbocycles. The van der Waals surface area contributed by atoms with Crippen molar-refractivity contribution in [1.82, 2.24) is 16.0 Å². The van der Waals surface area contributed by atoms with E-state index in [4.69, 9.17) is 11.5 Å². The van der Waals surface area contributed by atoms with Crippen molar-refractivity contribution in [3.05, 3.63) is 35.9 Å². The molecule has 11 nitrogen and oxygen atoms in total. The van der Waals surface area contributed by atoms with Crippen LogP contribution in [-0.2, 0) is 30.4 Å². The van der Waals surface area contributed by atoms with Gasteiger partial charge in [-0.1, -0.05) is 44.2 Å². The van der Waals surface area contributed by atoms with Crippen molar-refractivity contribution in [3.8, 4) is 0 Å². The highest BCUT2D eigenvalue weighted by molar-refractivity contribution is 5.94. The van der Waals surface area contributed by atoms with Crippen molar-refractivity contribution >= 4 is 29.6 Å². The number of nitrogens with two attached hydrogens (primary N) is 2. The summed E-state index contributed by atoms with van der Waals surface area (Å²) in [5.74, 6) is -3.87. The van der Waals surface area contributed by atoms with E-state index in [9.17, 15) is 29.1 Å². The molecule has 4 unspecified atom stereocenters. The van der Waals surface area contributed by atoms with E-state index in [1.807, 2.05) is 13.8 Å². The average molecular weight is 478 g/mol. The summed E-state index contributed by atoms with van der Waals surface area (Å²) in [7, 11) is 0. The highest BCUT2D eigenvalue weighted by Crippen LogP contribution is 2.08. The fourth-order valence-corrected chi connectivity index (χ4v) is 3.16. The monoisotopic (exact) mass is 477 g/mol. The second-order valence-corrected chi connectivity index (χ2v) is 8.63. The molecule has 0 aliphatic heterocycles. The Morgan fingerprint density at radius 1 is 0.853 bits per heavy atom. The minimum Gasteiger partial charge on any atom is -0.480 e. The van der Waals surface area contributed by atoms with Crippen LogP contribution in [0.5, 0.6) is 0 Å². The number of carbonyl (C=O) groups is 5. The number of rotatable bonds is 14. The summed E-state index contributed by atoms with van der Waals surface area (Å²) in [6, 6.07) is 4.43. The summed E-state index contributed by atoms with van der Waals surface area (Å²) in [6.07, 6.45) is -0.0465. The van der Waals surface area contributed by atoms with Crippen LogP contribution in [0.1, 0.15) is 45.6 Å². The average Bonchev–Trinajstić information content (AvgIpc) is 2.75. The second kappa shape index (κ2) is 13.9. The molecule has 1 rings (SSSR count). The highest BCUT2D eigenvalue weighted by atomic mass is 16.4. The molecular weight excluding hydrogens is 442 g/mol. The maximum Gasteiger partial charge on any atom is 0.326 e. The van der Waals surface area contributed by atoms with Crippen LogP contribution in [0, 0.1) is 5.92 Å². The lowest BCUT2D eigenvalue weighted by Crippen LogP contribution is -2.57. The number of hydrogen-bond acceptors (Lipinski definition) is 6. The summed E-state index contributed by atoms with van der Waals surface area (Å²) in [6.45, 7) is 5.19. The molecule has 0 fully saturated rings. The van der Waals surface area contributed by atoms with E-state index in [-0.39, 0.29) is 31.6 Å². The van der Waals surface area contributed by atoms with Gasteiger partial charge in [-0.3, -0.25) is 19.2 Å². The number of carboxylic acid groups (broad SMARTS) is 1. The lowest BCUT2D eigenvalue weighted by molar-refractivity contribution is -0.142. The predicted octanol–water partition coefficient (Wildman–Crippen LogP) is -0.573. The SMILES string of the molecule is CC(C)CC(NC(=O)C(C)N)C(=O)NC(CCC(N)=O)C(=O)NC(Cc1ccccc1)C(=O)O. The molecule has 4 atom stereocenters. The van der Waals surface area contributed by atoms with Crippen LogP contribution in [0.3, 0.4) is 0 Å². The Labute approximate surface area is 199 Å². The van der Waals surface area contributed by atoms with E-state index >= 15 is 0 Å². The van der Waals surface area contributed by atoms with Gasteiger partial charge in [-0.25, -0.2) is 4.79 Å². The van der Waals surface area contributed by atoms with Crippen molar-refractivity contribution in [2.24, 2.45) is 17.4 Å². The van der Waals surface area contributed by atoms with Crippen LogP contribution in [0.2, 0.25) is 0 Å². The van der Waals surface area contributed by atoms with Crippen molar-refractivity contribution in [2.75, 3.05) is 0 Å². The van der Waals surface area contributed by atoms with Crippen LogP contribution in [-0.4, -0.2) is 58.9 Å². The van der Waals surface area contributed by atoms with Crippen LogP contribution in [0.4, 0.5) is 0 Å². The first-order chi connectivity index (χ1) is 15.9. The molecule has 0 aromatic heterocycles. The van der Waals surface area contributed by atoms with Gasteiger partial charge in [0.2, 0.25) is 23.6 Å². The van der Waals surface area contributed by atoms with Gasteiger partial charge >= 0.3 is 5.97 Å². The number of amides is 4. The maximum atomic E-state index is 12.9. The van der Waals surface area contributed by atoms with Crippen molar-refractivity contribution in [1.29, 1.82) is 0 Å². The molecule has 1 aromatic rings. The van der Waals surface area contributed by atoms with Gasteiger partial charge in [-0.2, -0.15) is 0 Å². The van der Waals surface area contributed by atoms with E-state index in [1.54, 1.807) is 30.3 Å². The maximum absolute atomic E-state index is 12.9. The predicted molar refractivity (Wildman–Crippen MR) is 125 cm³/mol. The Balaban J connectivity index is 3.01. The third-order valence-corrected chi connectivity index (χ3v) is 4.96. The van der Waals surface area contributed by atoms with Crippen LogP contribution >= 0.6 is 0 Å². The normalized spacial score (nSPS) is 14.4. The molecule has 0 aliphatic rings. The van der Waals surface area contributed by atoms with Gasteiger partial charge in [0.05, 0.1) is 6.04 Å². The Morgan fingerprint density at radius 3 is 1.88 bits per heavy atom. The molecule has 4 amide bonds. The smallest absolute Gasteiger partial charge is 0.326 e. The van der Waals surface area contributed by atoms with Crippen LogP contribution < -0.4 is 27.4 Å². The molecule has 0 spiro atoms. The molecule has 11 heteroatoms. The van der Waals surface area contributed by atoms with Crippen LogP contribution in [0.25, 0.3) is 0 Å². The molecule has 0 bridgehead atoms. The standard InChI is InChI=1S/C23H35N5O6/c1-13(2)11-17(27-20(30)14(3)24)22(32)26-16(9-10-19(25)29)21(31)28-18(23(33)34)12-15-7-5-4-6-8-15/h4-8,13-14,16-18H,9-12,24H2,1-3H3,(H2,25,29)(H,26,32)(H,27,30)(H,28,31)(H,33,34). The number of carboxylic acids is 1. The van der Waals surface area contributed by atoms with Crippen molar-refractivity contribution in [3.63, 3.8) is 0 Å². The molecule has 0 aliphatic carbocycles. The van der Waals surface area contributed by atoms with Crippen molar-refractivity contribution < 1.29 is 29.1 Å². The summed E-state index contributed by atoms with van der Waals surface area (Å²) in [5.41, 5.74) is 11.5. The van der Waals surface area contributed by atoms with E-state index in [1.165, 1.54) is 6.92 Å². The first-order valence-electron chi connectivity index (χ1n) is 11.1. The largest absolute Gasteiger partial charge is 0.480 e. The zero-order chi connectivity index (χ0) is 25.8. The second-order valence-electron chi connectivity index (χ2n) is 8.63. The van der Waals surface area contributed by atoms with Crippen LogP contribution in [0.15, 0.2) is 30.3 Å². The van der Waals surface area contributed by atoms with E-state index in [0.29, 0.717) is 5.56 Å². The van der Waals surface area contributed by atoms with Gasteiger partial charge in [-0.05, 0) is 31.2 Å². The zero-order valence-corrected chi connectivity index (χ0v) is 19.7. The summed E-state index contributed by atoms with van der Waals surface area (Å²) >= 11 is 0. The molecule has 0 heterocycles. The van der Waals surface area contributed by atoms with Crippen molar-refractivity contribution in [2.45, 2.75) is 70.6 Å². The molecule has 0 saturated heterocycles. The van der Waals surface area contributed by atoms with Gasteiger partial charge in [0, 0.05) is 12.8 Å². The number of benzene rings is 1. The van der Waals surface area contributed by atoms with Gasteiger partial charge < -0.3 is 32.5 Å². The third-order valence-electron chi connectivity index (χ3n) is 4.96. The minimum atomic E-state index is -1.26. The highest BCUT2D eigenvalue weighted by Gasteiger charge is 2.30. The first-order valence-corrected chi connectivity index (χ1v) is 11.1. The summed E-state index contributed by atoms with van der Waals surface area (Å²) in [4.78, 5) is 60.9. The number of hydrogen-bond donors (Lipinski definition) is 6. The first kappa shape index (κ1) is 28.6. The molecular formula is C23H35N5O6. The Bertz CT molecular complexity index is 859. The fourth-order valence-electron chi connectivity index (χ4n) is 3.16. The summed E-state index contributed by atoms with van der Waals surface area (Å²) < 4.78 is 0. The fraction of sp³-hybridized carbons (Fsp3) is 0.522. The number of nitrogens with one attached hydrogen (secondary N) is 3. The molecule has 1 aromatic carbocycles. The van der Waals surface area contributed by atoms with E-state index < -0.39 is 53.8 Å². The Hall–Kier alpha value is -3.47. The van der Waals surface area contributed by atoms with E-state index in [0.717, 1.165) is 0 Å². The van der Waals surface area contributed by atoms with Gasteiger partial charge in [-0.15, -0.1) is 0 Å². The Kier molecular flexibility index (Phi) is 11.7. The molecule has 8 N–H and O–H groups in total. The minimum absolute atomic E-state index is 0.0266. The third kappa shape index (κ3) is 10.4. The number of aliphatic carboxylic acids is 1. The van der Waals surface area contributed by atoms with Gasteiger partial charge in [0.25, 0.3) is 0 Å². The Morgan fingerprint density at radius 2 is 1.38 bits per heavy atom. The molecule has 34 heavy (non-hydrogen) atoms. The quantitative estimate of drug-likeness (QED) is 0.206. The lowest BCUT2D eigenvalue weighted by atomic mass is 10.0.